The van der Waals surface area contributed by atoms with E-state index in [1.54, 1.807) is 6.08 Å². The Bertz CT molecular complexity index is 1280. The molecule has 0 spiro atoms. The molecule has 164 valence electrons. The monoisotopic (exact) mass is 427 g/mol. The van der Waals surface area contributed by atoms with Gasteiger partial charge in [0, 0.05) is 35.2 Å². The number of furan rings is 1. The van der Waals surface area contributed by atoms with E-state index in [2.05, 4.69) is 54.7 Å². The van der Waals surface area contributed by atoms with Crippen molar-refractivity contribution in [1.82, 2.24) is 5.32 Å². The molecular formula is C28H29NO3. The molecule has 0 aliphatic rings. The van der Waals surface area contributed by atoms with Gasteiger partial charge in [-0.3, -0.25) is 4.79 Å². The van der Waals surface area contributed by atoms with E-state index in [1.165, 1.54) is 10.8 Å². The van der Waals surface area contributed by atoms with E-state index in [0.717, 1.165) is 46.1 Å². The number of amides is 1. The van der Waals surface area contributed by atoms with Crippen LogP contribution in [0.15, 0.2) is 71.4 Å². The molecule has 1 aromatic heterocycles. The van der Waals surface area contributed by atoms with Gasteiger partial charge in [0.2, 0.25) is 5.91 Å². The smallest absolute Gasteiger partial charge is 0.244 e. The van der Waals surface area contributed by atoms with Crippen LogP contribution in [0.3, 0.4) is 0 Å². The van der Waals surface area contributed by atoms with Crippen LogP contribution >= 0.6 is 0 Å². The molecule has 0 saturated heterocycles. The highest BCUT2D eigenvalue weighted by molar-refractivity contribution is 6.06. The number of carbonyl (C=O) groups excluding carboxylic acids is 1. The number of allylic oxidation sites excluding steroid dienone is 1. The van der Waals surface area contributed by atoms with Gasteiger partial charge in [0.05, 0.1) is 12.9 Å². The van der Waals surface area contributed by atoms with Crippen molar-refractivity contribution in [3.8, 4) is 16.9 Å². The molecule has 4 heteroatoms. The summed E-state index contributed by atoms with van der Waals surface area (Å²) in [5.74, 6) is 0.633. The molecule has 1 heterocycles. The first kappa shape index (κ1) is 21.7. The molecule has 4 nitrogen and oxygen atoms in total. The van der Waals surface area contributed by atoms with Crippen LogP contribution in [0, 0.1) is 0 Å². The van der Waals surface area contributed by atoms with E-state index < -0.39 is 0 Å². The Morgan fingerprint density at radius 2 is 1.84 bits per heavy atom. The lowest BCUT2D eigenvalue weighted by molar-refractivity contribution is -0.116. The zero-order valence-corrected chi connectivity index (χ0v) is 18.9. The van der Waals surface area contributed by atoms with Crippen LogP contribution in [0.1, 0.15) is 39.2 Å². The van der Waals surface area contributed by atoms with Crippen LogP contribution in [-0.2, 0) is 4.79 Å². The standard InChI is InChI=1S/C28H29NO3/c1-4-6-14-29-28(30)15-19(3)23-16-24-25(18-32-27(24)17-26(23)31-5-2)22-13-9-11-20-10-7-8-12-21(20)22/h7-13,15-18H,4-6,14H2,1-3H3,(H,29,30)/b19-15+. The Morgan fingerprint density at radius 1 is 1.03 bits per heavy atom. The van der Waals surface area contributed by atoms with Gasteiger partial charge in [-0.15, -0.1) is 0 Å². The molecule has 0 radical (unpaired) electrons. The van der Waals surface area contributed by atoms with Crippen LogP contribution in [-0.4, -0.2) is 19.1 Å². The Balaban J connectivity index is 1.81. The maximum absolute atomic E-state index is 12.4. The zero-order valence-electron chi connectivity index (χ0n) is 18.9. The molecule has 0 fully saturated rings. The molecule has 3 aromatic carbocycles. The van der Waals surface area contributed by atoms with Gasteiger partial charge in [0.15, 0.2) is 0 Å². The topological polar surface area (TPSA) is 51.5 Å². The summed E-state index contributed by atoms with van der Waals surface area (Å²) >= 11 is 0. The summed E-state index contributed by atoms with van der Waals surface area (Å²) in [6.07, 6.45) is 5.48. The van der Waals surface area contributed by atoms with Crippen molar-refractivity contribution < 1.29 is 13.9 Å². The number of carbonyl (C=O) groups is 1. The van der Waals surface area contributed by atoms with Gasteiger partial charge in [-0.05, 0) is 48.2 Å². The fourth-order valence-electron chi connectivity index (χ4n) is 4.02. The van der Waals surface area contributed by atoms with Gasteiger partial charge in [0.1, 0.15) is 11.3 Å². The lowest BCUT2D eigenvalue weighted by atomic mass is 9.96. The van der Waals surface area contributed by atoms with Gasteiger partial charge >= 0.3 is 0 Å². The van der Waals surface area contributed by atoms with E-state index in [0.29, 0.717) is 18.9 Å². The fraction of sp³-hybridized carbons (Fsp3) is 0.250. The maximum Gasteiger partial charge on any atom is 0.244 e. The van der Waals surface area contributed by atoms with Crippen LogP contribution in [0.4, 0.5) is 0 Å². The predicted molar refractivity (Wildman–Crippen MR) is 132 cm³/mol. The Labute approximate surface area is 188 Å². The molecule has 0 aliphatic heterocycles. The fourth-order valence-corrected chi connectivity index (χ4v) is 4.02. The minimum absolute atomic E-state index is 0.0834. The van der Waals surface area contributed by atoms with Crippen molar-refractivity contribution in [3.63, 3.8) is 0 Å². The average molecular weight is 428 g/mol. The quantitative estimate of drug-likeness (QED) is 0.244. The van der Waals surface area contributed by atoms with E-state index in [1.807, 2.05) is 32.2 Å². The van der Waals surface area contributed by atoms with Crippen LogP contribution < -0.4 is 10.1 Å². The number of ether oxygens (including phenoxy) is 1. The highest BCUT2D eigenvalue weighted by Crippen LogP contribution is 2.39. The van der Waals surface area contributed by atoms with E-state index >= 15 is 0 Å². The number of hydrogen-bond acceptors (Lipinski definition) is 3. The van der Waals surface area contributed by atoms with Crippen LogP contribution in [0.5, 0.6) is 5.75 Å². The molecule has 0 atom stereocenters. The van der Waals surface area contributed by atoms with E-state index in [4.69, 9.17) is 9.15 Å². The molecule has 4 aromatic rings. The van der Waals surface area contributed by atoms with Crippen molar-refractivity contribution in [2.45, 2.75) is 33.6 Å². The number of rotatable bonds is 8. The van der Waals surface area contributed by atoms with Gasteiger partial charge in [-0.25, -0.2) is 0 Å². The van der Waals surface area contributed by atoms with Crippen LogP contribution in [0.2, 0.25) is 0 Å². The average Bonchev–Trinajstić information content (AvgIpc) is 3.21. The summed E-state index contributed by atoms with van der Waals surface area (Å²) in [5, 5.41) is 6.31. The highest BCUT2D eigenvalue weighted by atomic mass is 16.5. The first-order chi connectivity index (χ1) is 15.6. The summed E-state index contributed by atoms with van der Waals surface area (Å²) in [5.41, 5.74) is 4.67. The molecular weight excluding hydrogens is 398 g/mol. The summed E-state index contributed by atoms with van der Waals surface area (Å²) in [7, 11) is 0. The largest absolute Gasteiger partial charge is 0.493 e. The molecule has 0 bridgehead atoms. The molecule has 1 amide bonds. The van der Waals surface area contributed by atoms with Crippen LogP contribution in [0.25, 0.3) is 38.4 Å². The number of fused-ring (bicyclic) bond motifs is 2. The van der Waals surface area contributed by atoms with Crippen molar-refractivity contribution in [3.05, 3.63) is 72.5 Å². The van der Waals surface area contributed by atoms with Crippen molar-refractivity contribution in [2.24, 2.45) is 0 Å². The van der Waals surface area contributed by atoms with Gasteiger partial charge in [0.25, 0.3) is 0 Å². The van der Waals surface area contributed by atoms with Crippen molar-refractivity contribution in [2.75, 3.05) is 13.2 Å². The second kappa shape index (κ2) is 9.73. The van der Waals surface area contributed by atoms with Gasteiger partial charge in [-0.1, -0.05) is 55.8 Å². The van der Waals surface area contributed by atoms with Gasteiger partial charge < -0.3 is 14.5 Å². The normalized spacial score (nSPS) is 11.8. The minimum Gasteiger partial charge on any atom is -0.493 e. The number of nitrogens with one attached hydrogen (secondary N) is 1. The second-order valence-electron chi connectivity index (χ2n) is 7.93. The third kappa shape index (κ3) is 4.40. The highest BCUT2D eigenvalue weighted by Gasteiger charge is 2.16. The van der Waals surface area contributed by atoms with Crippen molar-refractivity contribution in [1.29, 1.82) is 0 Å². The molecule has 0 aliphatic carbocycles. The first-order valence-electron chi connectivity index (χ1n) is 11.2. The minimum atomic E-state index is -0.0834. The summed E-state index contributed by atoms with van der Waals surface area (Å²) in [4.78, 5) is 12.4. The van der Waals surface area contributed by atoms with Crippen molar-refractivity contribution >= 4 is 33.2 Å². The summed E-state index contributed by atoms with van der Waals surface area (Å²) < 4.78 is 11.8. The van der Waals surface area contributed by atoms with Gasteiger partial charge in [-0.2, -0.15) is 0 Å². The Kier molecular flexibility index (Phi) is 6.60. The SMILES string of the molecule is CCCCNC(=O)/C=C(\C)c1cc2c(-c3cccc4ccccc34)coc2cc1OCC. The zero-order chi connectivity index (χ0) is 22.5. The lowest BCUT2D eigenvalue weighted by Crippen LogP contribution is -2.22. The summed E-state index contributed by atoms with van der Waals surface area (Å²) in [6.45, 7) is 7.22. The Morgan fingerprint density at radius 3 is 2.66 bits per heavy atom. The molecule has 0 saturated carbocycles. The molecule has 32 heavy (non-hydrogen) atoms. The molecule has 0 unspecified atom stereocenters. The third-order valence-corrected chi connectivity index (χ3v) is 5.66. The molecule has 1 N–H and O–H groups in total. The number of hydrogen-bond donors (Lipinski definition) is 1. The van der Waals surface area contributed by atoms with E-state index in [9.17, 15) is 4.79 Å². The lowest BCUT2D eigenvalue weighted by Gasteiger charge is -2.12. The summed E-state index contributed by atoms with van der Waals surface area (Å²) in [6, 6.07) is 18.6. The predicted octanol–water partition coefficient (Wildman–Crippen LogP) is 6.97. The third-order valence-electron chi connectivity index (χ3n) is 5.66. The Hall–Kier alpha value is -3.53. The number of benzene rings is 3. The maximum atomic E-state index is 12.4. The molecule has 4 rings (SSSR count). The van der Waals surface area contributed by atoms with E-state index in [-0.39, 0.29) is 5.91 Å². The first-order valence-corrected chi connectivity index (χ1v) is 11.2. The number of unbranched alkanes of at least 4 members (excludes halogenated alkanes) is 1. The second-order valence-corrected chi connectivity index (χ2v) is 7.93.